The molecule has 1 N–H and O–H groups in total. The van der Waals surface area contributed by atoms with Crippen molar-refractivity contribution in [3.63, 3.8) is 0 Å². The number of nitrogens with zero attached hydrogens (tertiary/aromatic N) is 1. The molecule has 0 saturated heterocycles. The van der Waals surface area contributed by atoms with Crippen molar-refractivity contribution in [1.82, 2.24) is 0 Å². The van der Waals surface area contributed by atoms with Gasteiger partial charge in [0.15, 0.2) is 6.54 Å². The van der Waals surface area contributed by atoms with Crippen molar-refractivity contribution in [2.24, 2.45) is 0 Å². The summed E-state index contributed by atoms with van der Waals surface area (Å²) < 4.78 is 14.0. The maximum atomic E-state index is 13.3. The number of aryl methyl sites for hydroxylation is 2. The van der Waals surface area contributed by atoms with E-state index in [4.69, 9.17) is 0 Å². The first kappa shape index (κ1) is 20.7. The molecular formula is C16H26FN2OY+. The standard InChI is InChI=1S/C16H25FN2O.Y/c1-6-19(7-2,8-3)11-15(20)18-16-12(4)9-14(17)10-13(16)5;/h9-10H,6-8,11H2,1-5H3;/p+1. The van der Waals surface area contributed by atoms with Gasteiger partial charge in [-0.1, -0.05) is 0 Å². The molecule has 0 aromatic heterocycles. The van der Waals surface area contributed by atoms with E-state index < -0.39 is 0 Å². The van der Waals surface area contributed by atoms with Gasteiger partial charge in [-0.05, 0) is 57.9 Å². The molecule has 1 rings (SSSR count). The second-order valence-electron chi connectivity index (χ2n) is 5.41. The third-order valence-corrected chi connectivity index (χ3v) is 4.25. The fourth-order valence-corrected chi connectivity index (χ4v) is 2.60. The Bertz CT molecular complexity index is 456. The van der Waals surface area contributed by atoms with Crippen molar-refractivity contribution in [2.75, 3.05) is 31.5 Å². The van der Waals surface area contributed by atoms with Crippen molar-refractivity contribution in [2.45, 2.75) is 34.6 Å². The Morgan fingerprint density at radius 2 is 1.52 bits per heavy atom. The van der Waals surface area contributed by atoms with Gasteiger partial charge in [-0.3, -0.25) is 4.79 Å². The van der Waals surface area contributed by atoms with Crippen LogP contribution in [-0.4, -0.2) is 36.6 Å². The Kier molecular flexibility index (Phi) is 8.83. The molecule has 115 valence electrons. The average molecular weight is 370 g/mol. The minimum Gasteiger partial charge on any atom is -0.321 e. The molecular weight excluding hydrogens is 344 g/mol. The summed E-state index contributed by atoms with van der Waals surface area (Å²) in [6.45, 7) is 13.2. The summed E-state index contributed by atoms with van der Waals surface area (Å²) in [5, 5.41) is 2.94. The minimum absolute atomic E-state index is 0. The van der Waals surface area contributed by atoms with E-state index in [2.05, 4.69) is 26.1 Å². The Hall–Kier alpha value is -0.316. The molecule has 1 radical (unpaired) electrons. The average Bonchev–Trinajstić information content (AvgIpc) is 2.40. The van der Waals surface area contributed by atoms with Gasteiger partial charge in [0.2, 0.25) is 0 Å². The fraction of sp³-hybridized carbons (Fsp3) is 0.562. The van der Waals surface area contributed by atoms with E-state index in [9.17, 15) is 9.18 Å². The smallest absolute Gasteiger partial charge is 0.279 e. The second kappa shape index (κ2) is 8.97. The second-order valence-corrected chi connectivity index (χ2v) is 5.41. The summed E-state index contributed by atoms with van der Waals surface area (Å²) in [6, 6.07) is 2.90. The summed E-state index contributed by atoms with van der Waals surface area (Å²) in [5.41, 5.74) is 2.26. The zero-order valence-corrected chi connectivity index (χ0v) is 16.6. The van der Waals surface area contributed by atoms with Crippen molar-refractivity contribution in [1.29, 1.82) is 0 Å². The summed E-state index contributed by atoms with van der Waals surface area (Å²) in [4.78, 5) is 12.3. The van der Waals surface area contributed by atoms with Crippen LogP contribution < -0.4 is 5.32 Å². The van der Waals surface area contributed by atoms with Gasteiger partial charge in [0.05, 0.1) is 19.6 Å². The molecule has 0 aliphatic rings. The van der Waals surface area contributed by atoms with Crippen molar-refractivity contribution in [3.05, 3.63) is 29.1 Å². The molecule has 3 nitrogen and oxygen atoms in total. The Balaban J connectivity index is 0.00000400. The van der Waals surface area contributed by atoms with Crippen LogP contribution in [0.3, 0.4) is 0 Å². The zero-order valence-electron chi connectivity index (χ0n) is 13.8. The molecule has 21 heavy (non-hydrogen) atoms. The summed E-state index contributed by atoms with van der Waals surface area (Å²) >= 11 is 0. The fourth-order valence-electron chi connectivity index (χ4n) is 2.60. The first-order chi connectivity index (χ1) is 9.37. The van der Waals surface area contributed by atoms with Gasteiger partial charge < -0.3 is 9.80 Å². The number of nitrogens with one attached hydrogen (secondary N) is 1. The summed E-state index contributed by atoms with van der Waals surface area (Å²) in [6.07, 6.45) is 0. The number of halogens is 1. The summed E-state index contributed by atoms with van der Waals surface area (Å²) in [7, 11) is 0. The van der Waals surface area contributed by atoms with Crippen molar-refractivity contribution in [3.8, 4) is 0 Å². The monoisotopic (exact) mass is 370 g/mol. The van der Waals surface area contributed by atoms with Crippen molar-refractivity contribution >= 4 is 11.6 Å². The van der Waals surface area contributed by atoms with Crippen LogP contribution in [0.25, 0.3) is 0 Å². The number of rotatable bonds is 6. The maximum Gasteiger partial charge on any atom is 0.279 e. The predicted octanol–water partition coefficient (Wildman–Crippen LogP) is 3.26. The number of likely N-dealkylation sites (N-methyl/N-ethyl adjacent to an activating group) is 1. The molecule has 0 atom stereocenters. The molecule has 0 aliphatic carbocycles. The Morgan fingerprint density at radius 1 is 1.10 bits per heavy atom. The number of quaternary nitrogens is 1. The number of carbonyl (C=O) groups excluding carboxylic acids is 1. The van der Waals surface area contributed by atoms with Crippen LogP contribution in [0.1, 0.15) is 31.9 Å². The zero-order chi connectivity index (χ0) is 15.3. The molecule has 0 heterocycles. The quantitative estimate of drug-likeness (QED) is 0.766. The van der Waals surface area contributed by atoms with Gasteiger partial charge in [-0.2, -0.15) is 0 Å². The van der Waals surface area contributed by atoms with Gasteiger partial charge in [0.1, 0.15) is 5.82 Å². The van der Waals surface area contributed by atoms with Crippen LogP contribution in [0, 0.1) is 19.7 Å². The van der Waals surface area contributed by atoms with Crippen molar-refractivity contribution < 1.29 is 46.4 Å². The maximum absolute atomic E-state index is 13.3. The Morgan fingerprint density at radius 3 is 1.90 bits per heavy atom. The largest absolute Gasteiger partial charge is 0.321 e. The molecule has 1 aromatic rings. The number of hydrogen-bond donors (Lipinski definition) is 1. The van der Waals surface area contributed by atoms with Gasteiger partial charge in [0, 0.05) is 38.4 Å². The van der Waals surface area contributed by atoms with E-state index in [1.54, 1.807) is 0 Å². The van der Waals surface area contributed by atoms with Gasteiger partial charge in [-0.25, -0.2) is 4.39 Å². The summed E-state index contributed by atoms with van der Waals surface area (Å²) in [5.74, 6) is -0.271. The molecule has 0 spiro atoms. The molecule has 0 saturated carbocycles. The van der Waals surface area contributed by atoms with Crippen LogP contribution >= 0.6 is 0 Å². The molecule has 0 fully saturated rings. The molecule has 0 bridgehead atoms. The van der Waals surface area contributed by atoms with E-state index in [1.165, 1.54) is 12.1 Å². The van der Waals surface area contributed by atoms with Gasteiger partial charge in [0.25, 0.3) is 5.91 Å². The predicted molar refractivity (Wildman–Crippen MR) is 81.3 cm³/mol. The number of hydrogen-bond acceptors (Lipinski definition) is 1. The van der Waals surface area contributed by atoms with E-state index in [0.29, 0.717) is 6.54 Å². The topological polar surface area (TPSA) is 29.1 Å². The number of carbonyl (C=O) groups is 1. The Labute approximate surface area is 152 Å². The minimum atomic E-state index is -0.265. The van der Waals surface area contributed by atoms with Crippen LogP contribution in [0.4, 0.5) is 10.1 Å². The van der Waals surface area contributed by atoms with Gasteiger partial charge in [-0.15, -0.1) is 0 Å². The first-order valence-electron chi connectivity index (χ1n) is 7.29. The molecule has 1 aromatic carbocycles. The third kappa shape index (κ3) is 5.43. The molecule has 5 heteroatoms. The van der Waals surface area contributed by atoms with E-state index in [0.717, 1.165) is 40.9 Å². The van der Waals surface area contributed by atoms with E-state index in [1.807, 2.05) is 13.8 Å². The SMILES string of the molecule is CC[N+](CC)(CC)CC(=O)Nc1c(C)cc(F)cc1C.[Y]. The normalized spacial score (nSPS) is 11.0. The number of amides is 1. The number of benzene rings is 1. The van der Waals surface area contributed by atoms with Crippen LogP contribution in [0.2, 0.25) is 0 Å². The van der Waals surface area contributed by atoms with E-state index >= 15 is 0 Å². The van der Waals surface area contributed by atoms with Crippen LogP contribution in [0.5, 0.6) is 0 Å². The van der Waals surface area contributed by atoms with Crippen LogP contribution in [0.15, 0.2) is 12.1 Å². The number of anilines is 1. The molecule has 1 amide bonds. The third-order valence-electron chi connectivity index (χ3n) is 4.25. The van der Waals surface area contributed by atoms with Crippen LogP contribution in [-0.2, 0) is 37.5 Å². The van der Waals surface area contributed by atoms with Gasteiger partial charge >= 0.3 is 0 Å². The van der Waals surface area contributed by atoms with E-state index in [-0.39, 0.29) is 44.4 Å². The first-order valence-corrected chi connectivity index (χ1v) is 7.29. The molecule has 0 unspecified atom stereocenters. The molecule has 0 aliphatic heterocycles.